The molecule has 2 rings (SSSR count). The summed E-state index contributed by atoms with van der Waals surface area (Å²) in [5.74, 6) is 2.51. The summed E-state index contributed by atoms with van der Waals surface area (Å²) < 4.78 is 42.8. The van der Waals surface area contributed by atoms with Gasteiger partial charge >= 0.3 is 16.3 Å². The average Bonchev–Trinajstić information content (AvgIpc) is 2.57. The lowest BCUT2D eigenvalue weighted by Gasteiger charge is -2.36. The van der Waals surface area contributed by atoms with Crippen molar-refractivity contribution in [1.82, 2.24) is 9.80 Å². The van der Waals surface area contributed by atoms with Crippen LogP contribution >= 0.6 is 0 Å². The van der Waals surface area contributed by atoms with Crippen LogP contribution in [-0.2, 0) is 21.5 Å². The summed E-state index contributed by atoms with van der Waals surface area (Å²) >= 11 is 0. The van der Waals surface area contributed by atoms with Gasteiger partial charge in [-0.1, -0.05) is 5.92 Å². The van der Waals surface area contributed by atoms with Gasteiger partial charge in [0.25, 0.3) is 0 Å². The number of rotatable bonds is 3. The average molecular weight is 425 g/mol. The molecule has 8 heteroatoms. The maximum absolute atomic E-state index is 14.0. The maximum Gasteiger partial charge on any atom is 0.410 e. The fraction of sp³-hybridized carbons (Fsp3) is 0.571. The molecular weight excluding hydrogens is 395 g/mol. The number of hydrogen-bond acceptors (Lipinski definition) is 5. The van der Waals surface area contributed by atoms with Crippen molar-refractivity contribution >= 4 is 16.3 Å². The minimum Gasteiger partial charge on any atom is -0.444 e. The molecule has 0 spiro atoms. The monoisotopic (exact) mass is 424 g/mol. The molecule has 160 valence electrons. The van der Waals surface area contributed by atoms with E-state index in [1.807, 2.05) is 27.7 Å². The molecule has 0 aromatic heterocycles. The van der Waals surface area contributed by atoms with Crippen molar-refractivity contribution in [2.75, 3.05) is 26.2 Å². The van der Waals surface area contributed by atoms with Gasteiger partial charge in [0.1, 0.15) is 10.5 Å². The van der Waals surface area contributed by atoms with Crippen molar-refractivity contribution in [1.29, 1.82) is 0 Å². The molecule has 0 N–H and O–H groups in total. The zero-order valence-electron chi connectivity index (χ0n) is 17.9. The molecule has 1 heterocycles. The van der Waals surface area contributed by atoms with E-state index >= 15 is 0 Å². The van der Waals surface area contributed by atoms with Gasteiger partial charge in [-0.2, -0.15) is 8.42 Å². The summed E-state index contributed by atoms with van der Waals surface area (Å²) in [6.07, 6.45) is 5.23. The maximum atomic E-state index is 14.0. The van der Waals surface area contributed by atoms with E-state index in [2.05, 4.69) is 10.8 Å². The Labute approximate surface area is 173 Å². The molecule has 0 unspecified atom stereocenters. The Hall–Kier alpha value is -2.11. The van der Waals surface area contributed by atoms with Crippen molar-refractivity contribution in [3.05, 3.63) is 27.8 Å². The molecule has 1 aromatic carbocycles. The quantitative estimate of drug-likeness (QED) is 0.550. The molecular formula is C21H29FN2O4S. The second-order valence-corrected chi connectivity index (χ2v) is 9.67. The van der Waals surface area contributed by atoms with Crippen molar-refractivity contribution in [3.63, 3.8) is 0 Å². The van der Waals surface area contributed by atoms with Crippen molar-refractivity contribution in [2.45, 2.75) is 58.6 Å². The Bertz CT molecular complexity index is 951. The predicted octanol–water partition coefficient (Wildman–Crippen LogP) is 3.30. The van der Waals surface area contributed by atoms with Crippen LogP contribution in [0.4, 0.5) is 8.68 Å². The highest BCUT2D eigenvalue weighted by Crippen LogP contribution is 2.32. The van der Waals surface area contributed by atoms with Crippen molar-refractivity contribution < 1.29 is 21.8 Å². The van der Waals surface area contributed by atoms with Crippen LogP contribution in [-0.4, -0.2) is 56.1 Å². The fourth-order valence-electron chi connectivity index (χ4n) is 3.70. The first-order valence-electron chi connectivity index (χ1n) is 9.50. The molecule has 1 saturated heterocycles. The van der Waals surface area contributed by atoms with E-state index < -0.39 is 15.8 Å². The zero-order chi connectivity index (χ0) is 22.1. The second-order valence-electron chi connectivity index (χ2n) is 8.38. The number of halogens is 1. The number of nitrogens with zero attached hydrogens (tertiary/aromatic N) is 2. The van der Waals surface area contributed by atoms with Gasteiger partial charge in [0.05, 0.1) is 0 Å². The van der Waals surface area contributed by atoms with Crippen LogP contribution in [0.1, 0.15) is 48.6 Å². The molecule has 0 saturated carbocycles. The lowest BCUT2D eigenvalue weighted by atomic mass is 9.93. The normalized spacial score (nSPS) is 15.9. The topological polar surface area (TPSA) is 66.9 Å². The number of terminal acetylenes is 1. The summed E-state index contributed by atoms with van der Waals surface area (Å²) in [7, 11) is -4.90. The predicted molar refractivity (Wildman–Crippen MR) is 110 cm³/mol. The van der Waals surface area contributed by atoms with Gasteiger partial charge < -0.3 is 9.64 Å². The lowest BCUT2D eigenvalue weighted by molar-refractivity contribution is 0.0138. The van der Waals surface area contributed by atoms with Crippen LogP contribution in [0.3, 0.4) is 0 Å². The van der Waals surface area contributed by atoms with E-state index in [-0.39, 0.29) is 16.6 Å². The highest BCUT2D eigenvalue weighted by Gasteiger charge is 2.29. The summed E-state index contributed by atoms with van der Waals surface area (Å²) in [4.78, 5) is 15.6. The summed E-state index contributed by atoms with van der Waals surface area (Å²) in [6, 6.07) is 0. The van der Waals surface area contributed by atoms with Crippen LogP contribution in [0, 0.1) is 33.1 Å². The third-order valence-corrected chi connectivity index (χ3v) is 6.23. The Balaban J connectivity index is 2.24. The van der Waals surface area contributed by atoms with Gasteiger partial charge in [0.2, 0.25) is 0 Å². The molecule has 0 atom stereocenters. The van der Waals surface area contributed by atoms with Gasteiger partial charge in [-0.25, -0.2) is 4.79 Å². The van der Waals surface area contributed by atoms with Gasteiger partial charge in [0.15, 0.2) is 0 Å². The Kier molecular flexibility index (Phi) is 6.65. The van der Waals surface area contributed by atoms with E-state index in [1.165, 1.54) is 6.92 Å². The SMILES string of the molecule is C#Cc1c(C)c(CN2CCN(C(=O)OC(C)(C)C)CC2)c(C)c(S(=O)(=O)F)c1C. The molecule has 1 aliphatic heterocycles. The smallest absolute Gasteiger partial charge is 0.410 e. The number of piperazine rings is 1. The number of carbonyl (C=O) groups excluding carboxylic acids is 1. The number of amides is 1. The number of benzene rings is 1. The standard InChI is InChI=1S/C21H29FN2O4S/c1-8-17-14(2)18(16(4)19(15(17)3)29(22,26)27)13-23-9-11-24(12-10-23)20(25)28-21(5,6)7/h1H,9-13H2,2-7H3. The minimum absolute atomic E-state index is 0.267. The molecule has 1 amide bonds. The number of carbonyl (C=O) groups is 1. The first-order valence-corrected chi connectivity index (χ1v) is 10.9. The van der Waals surface area contributed by atoms with Crippen molar-refractivity contribution in [2.24, 2.45) is 0 Å². The Morgan fingerprint density at radius 1 is 1.10 bits per heavy atom. The van der Waals surface area contributed by atoms with E-state index in [0.29, 0.717) is 49.4 Å². The van der Waals surface area contributed by atoms with Crippen LogP contribution in [0.2, 0.25) is 0 Å². The van der Waals surface area contributed by atoms with Crippen LogP contribution in [0.15, 0.2) is 4.90 Å². The zero-order valence-corrected chi connectivity index (χ0v) is 18.7. The minimum atomic E-state index is -4.90. The highest BCUT2D eigenvalue weighted by molar-refractivity contribution is 7.86. The molecule has 0 radical (unpaired) electrons. The van der Waals surface area contributed by atoms with Gasteiger partial charge in [0, 0.05) is 38.3 Å². The molecule has 1 fully saturated rings. The van der Waals surface area contributed by atoms with E-state index in [4.69, 9.17) is 11.2 Å². The van der Waals surface area contributed by atoms with Crippen molar-refractivity contribution in [3.8, 4) is 12.3 Å². The fourth-order valence-corrected chi connectivity index (χ4v) is 4.66. The molecule has 29 heavy (non-hydrogen) atoms. The van der Waals surface area contributed by atoms with E-state index in [1.54, 1.807) is 11.8 Å². The highest BCUT2D eigenvalue weighted by atomic mass is 32.3. The Morgan fingerprint density at radius 3 is 2.10 bits per heavy atom. The van der Waals surface area contributed by atoms with E-state index in [0.717, 1.165) is 5.56 Å². The van der Waals surface area contributed by atoms with Crippen LogP contribution in [0.5, 0.6) is 0 Å². The number of ether oxygens (including phenoxy) is 1. The lowest BCUT2D eigenvalue weighted by Crippen LogP contribution is -2.49. The summed E-state index contributed by atoms with van der Waals surface area (Å²) in [6.45, 7) is 13.0. The second kappa shape index (κ2) is 8.33. The number of hydrogen-bond donors (Lipinski definition) is 0. The van der Waals surface area contributed by atoms with Crippen LogP contribution < -0.4 is 0 Å². The molecule has 6 nitrogen and oxygen atoms in total. The van der Waals surface area contributed by atoms with Gasteiger partial charge in [-0.05, 0) is 63.8 Å². The van der Waals surface area contributed by atoms with Crippen LogP contribution in [0.25, 0.3) is 0 Å². The molecule has 1 aromatic rings. The molecule has 0 aliphatic carbocycles. The first-order chi connectivity index (χ1) is 13.3. The van der Waals surface area contributed by atoms with Gasteiger partial charge in [-0.15, -0.1) is 10.3 Å². The largest absolute Gasteiger partial charge is 0.444 e. The van der Waals surface area contributed by atoms with Gasteiger partial charge in [-0.3, -0.25) is 4.90 Å². The Morgan fingerprint density at radius 2 is 1.66 bits per heavy atom. The first kappa shape index (κ1) is 23.2. The summed E-state index contributed by atoms with van der Waals surface area (Å²) in [5.41, 5.74) is 2.01. The molecule has 1 aliphatic rings. The van der Waals surface area contributed by atoms with E-state index in [9.17, 15) is 17.1 Å². The third kappa shape index (κ3) is 5.28. The third-order valence-electron chi connectivity index (χ3n) is 5.13. The summed E-state index contributed by atoms with van der Waals surface area (Å²) in [5, 5.41) is 0. The molecule has 0 bridgehead atoms.